The van der Waals surface area contributed by atoms with Crippen LogP contribution >= 0.6 is 0 Å². The predicted molar refractivity (Wildman–Crippen MR) is 96.1 cm³/mol. The summed E-state index contributed by atoms with van der Waals surface area (Å²) in [7, 11) is 0. The van der Waals surface area contributed by atoms with E-state index in [1.165, 1.54) is 22.8 Å². The SMILES string of the molecule is NC(=O)c1cnn2ccc(N3CCC[C@@H]3c3cc(F)ccc3OC(F)F)cc12. The minimum Gasteiger partial charge on any atom is -0.434 e. The number of primary amides is 1. The number of aromatic nitrogens is 2. The van der Waals surface area contributed by atoms with Gasteiger partial charge in [0.05, 0.1) is 23.3 Å². The molecule has 0 radical (unpaired) electrons. The van der Waals surface area contributed by atoms with Crippen molar-refractivity contribution in [2.24, 2.45) is 5.73 Å². The second kappa shape index (κ2) is 7.06. The summed E-state index contributed by atoms with van der Waals surface area (Å²) in [5.41, 5.74) is 7.33. The molecule has 0 bridgehead atoms. The quantitative estimate of drug-likeness (QED) is 0.724. The van der Waals surface area contributed by atoms with Crippen LogP contribution < -0.4 is 15.4 Å². The topological polar surface area (TPSA) is 72.9 Å². The van der Waals surface area contributed by atoms with Crippen LogP contribution in [0, 0.1) is 5.82 Å². The van der Waals surface area contributed by atoms with E-state index in [1.807, 2.05) is 4.90 Å². The molecule has 3 aromatic rings. The van der Waals surface area contributed by atoms with E-state index in [2.05, 4.69) is 9.84 Å². The van der Waals surface area contributed by atoms with Crippen molar-refractivity contribution in [1.29, 1.82) is 0 Å². The monoisotopic (exact) mass is 390 g/mol. The number of alkyl halides is 2. The summed E-state index contributed by atoms with van der Waals surface area (Å²) in [6.45, 7) is -2.36. The second-order valence-electron chi connectivity index (χ2n) is 6.55. The second-order valence-corrected chi connectivity index (χ2v) is 6.55. The van der Waals surface area contributed by atoms with Gasteiger partial charge in [-0.15, -0.1) is 0 Å². The molecule has 4 rings (SSSR count). The maximum Gasteiger partial charge on any atom is 0.387 e. The number of nitrogens with zero attached hydrogens (tertiary/aromatic N) is 3. The van der Waals surface area contributed by atoms with E-state index in [1.54, 1.807) is 18.3 Å². The largest absolute Gasteiger partial charge is 0.434 e. The summed E-state index contributed by atoms with van der Waals surface area (Å²) in [6.07, 6.45) is 4.53. The number of rotatable bonds is 5. The number of pyridine rings is 1. The molecule has 1 aromatic carbocycles. The van der Waals surface area contributed by atoms with Crippen molar-refractivity contribution in [3.63, 3.8) is 0 Å². The molecule has 0 spiro atoms. The first-order chi connectivity index (χ1) is 13.4. The smallest absolute Gasteiger partial charge is 0.387 e. The average Bonchev–Trinajstić information content (AvgIpc) is 3.28. The van der Waals surface area contributed by atoms with Crippen LogP contribution in [0.4, 0.5) is 18.9 Å². The number of carbonyl (C=O) groups is 1. The number of ether oxygens (including phenoxy) is 1. The van der Waals surface area contributed by atoms with Crippen LogP contribution in [0.2, 0.25) is 0 Å². The molecule has 1 saturated heterocycles. The third kappa shape index (κ3) is 3.23. The van der Waals surface area contributed by atoms with Crippen molar-refractivity contribution in [2.45, 2.75) is 25.5 Å². The van der Waals surface area contributed by atoms with E-state index in [9.17, 15) is 18.0 Å². The Balaban J connectivity index is 1.75. The van der Waals surface area contributed by atoms with E-state index in [0.717, 1.165) is 18.2 Å². The van der Waals surface area contributed by atoms with Gasteiger partial charge in [0.2, 0.25) is 0 Å². The fourth-order valence-corrected chi connectivity index (χ4v) is 3.72. The molecule has 146 valence electrons. The molecule has 1 aliphatic rings. The van der Waals surface area contributed by atoms with Gasteiger partial charge in [0, 0.05) is 24.0 Å². The molecule has 0 aliphatic carbocycles. The number of hydrogen-bond acceptors (Lipinski definition) is 4. The maximum absolute atomic E-state index is 13.9. The van der Waals surface area contributed by atoms with E-state index >= 15 is 0 Å². The molecule has 1 aliphatic heterocycles. The zero-order valence-electron chi connectivity index (χ0n) is 14.7. The summed E-state index contributed by atoms with van der Waals surface area (Å²) in [5, 5.41) is 4.09. The molecule has 9 heteroatoms. The van der Waals surface area contributed by atoms with Crippen LogP contribution in [-0.4, -0.2) is 28.7 Å². The summed E-state index contributed by atoms with van der Waals surface area (Å²) in [5.74, 6) is -1.16. The Kier molecular flexibility index (Phi) is 4.58. The van der Waals surface area contributed by atoms with Crippen molar-refractivity contribution in [2.75, 3.05) is 11.4 Å². The number of hydrogen-bond donors (Lipinski definition) is 1. The van der Waals surface area contributed by atoms with E-state index in [0.29, 0.717) is 24.0 Å². The van der Waals surface area contributed by atoms with E-state index in [-0.39, 0.29) is 17.4 Å². The van der Waals surface area contributed by atoms with Crippen molar-refractivity contribution in [1.82, 2.24) is 9.61 Å². The van der Waals surface area contributed by atoms with Crippen LogP contribution in [0.25, 0.3) is 5.52 Å². The van der Waals surface area contributed by atoms with Crippen LogP contribution in [0.15, 0.2) is 42.7 Å². The van der Waals surface area contributed by atoms with Gasteiger partial charge in [-0.3, -0.25) is 4.79 Å². The number of halogens is 3. The van der Waals surface area contributed by atoms with Gasteiger partial charge in [-0.2, -0.15) is 13.9 Å². The highest BCUT2D eigenvalue weighted by Crippen LogP contribution is 2.41. The number of amides is 1. The summed E-state index contributed by atoms with van der Waals surface area (Å²) < 4.78 is 45.6. The minimum atomic E-state index is -3.00. The summed E-state index contributed by atoms with van der Waals surface area (Å²) >= 11 is 0. The number of anilines is 1. The summed E-state index contributed by atoms with van der Waals surface area (Å²) in [4.78, 5) is 13.6. The lowest BCUT2D eigenvalue weighted by Crippen LogP contribution is -2.23. The van der Waals surface area contributed by atoms with Gasteiger partial charge in [0.25, 0.3) is 5.91 Å². The first kappa shape index (κ1) is 18.1. The number of fused-ring (bicyclic) bond motifs is 1. The molecule has 28 heavy (non-hydrogen) atoms. The van der Waals surface area contributed by atoms with Crippen LogP contribution in [0.5, 0.6) is 5.75 Å². The van der Waals surface area contributed by atoms with Crippen molar-refractivity contribution in [3.05, 3.63) is 59.7 Å². The van der Waals surface area contributed by atoms with Crippen LogP contribution in [0.1, 0.15) is 34.8 Å². The van der Waals surface area contributed by atoms with Crippen LogP contribution in [0.3, 0.4) is 0 Å². The van der Waals surface area contributed by atoms with Crippen molar-refractivity contribution >= 4 is 17.1 Å². The van der Waals surface area contributed by atoms with Gasteiger partial charge in [0.1, 0.15) is 11.6 Å². The molecule has 1 amide bonds. The Labute approximate surface area is 158 Å². The molecule has 6 nitrogen and oxygen atoms in total. The molecular formula is C19H17F3N4O2. The first-order valence-corrected chi connectivity index (χ1v) is 8.72. The Morgan fingerprint density at radius 2 is 2.11 bits per heavy atom. The lowest BCUT2D eigenvalue weighted by Gasteiger charge is -2.28. The average molecular weight is 390 g/mol. The molecule has 0 unspecified atom stereocenters. The van der Waals surface area contributed by atoms with Gasteiger partial charge in [-0.25, -0.2) is 8.91 Å². The lowest BCUT2D eigenvalue weighted by atomic mass is 10.0. The lowest BCUT2D eigenvalue weighted by molar-refractivity contribution is -0.0506. The third-order valence-corrected chi connectivity index (χ3v) is 4.90. The predicted octanol–water partition coefficient (Wildman–Crippen LogP) is 3.52. The Hall–Kier alpha value is -3.23. The molecule has 0 saturated carbocycles. The standard InChI is InChI=1S/C19H17F3N4O2/c20-11-3-4-17(28-19(21)22)13(8-11)15-2-1-6-25(15)12-5-7-26-16(9-12)14(10-24-26)18(23)27/h3-5,7-10,15,19H,1-2,6H2,(H2,23,27)/t15-/m1/s1. The molecule has 2 N–H and O–H groups in total. The fourth-order valence-electron chi connectivity index (χ4n) is 3.72. The van der Waals surface area contributed by atoms with Gasteiger partial charge in [-0.1, -0.05) is 0 Å². The van der Waals surface area contributed by atoms with E-state index < -0.39 is 18.3 Å². The Bertz CT molecular complexity index is 1040. The Morgan fingerprint density at radius 1 is 1.29 bits per heavy atom. The van der Waals surface area contributed by atoms with E-state index in [4.69, 9.17) is 5.73 Å². The molecule has 3 heterocycles. The highest BCUT2D eigenvalue weighted by atomic mass is 19.3. The zero-order valence-corrected chi connectivity index (χ0v) is 14.7. The molecule has 1 fully saturated rings. The third-order valence-electron chi connectivity index (χ3n) is 4.90. The fraction of sp³-hybridized carbons (Fsp3) is 0.263. The zero-order chi connectivity index (χ0) is 19.8. The number of benzene rings is 1. The number of nitrogens with two attached hydrogens (primary N) is 1. The number of carbonyl (C=O) groups excluding carboxylic acids is 1. The van der Waals surface area contributed by atoms with Gasteiger partial charge >= 0.3 is 6.61 Å². The van der Waals surface area contributed by atoms with Crippen molar-refractivity contribution < 1.29 is 22.7 Å². The summed E-state index contributed by atoms with van der Waals surface area (Å²) in [6, 6.07) is 6.77. The maximum atomic E-state index is 13.9. The molecule has 1 atom stereocenters. The highest BCUT2D eigenvalue weighted by Gasteiger charge is 2.30. The van der Waals surface area contributed by atoms with Crippen molar-refractivity contribution in [3.8, 4) is 5.75 Å². The minimum absolute atomic E-state index is 0.0449. The first-order valence-electron chi connectivity index (χ1n) is 8.72. The highest BCUT2D eigenvalue weighted by molar-refractivity contribution is 5.99. The van der Waals surface area contributed by atoms with Gasteiger partial charge < -0.3 is 15.4 Å². The van der Waals surface area contributed by atoms with Gasteiger partial charge in [0.15, 0.2) is 0 Å². The molecular weight excluding hydrogens is 373 g/mol. The Morgan fingerprint density at radius 3 is 2.86 bits per heavy atom. The van der Waals surface area contributed by atoms with Gasteiger partial charge in [-0.05, 0) is 43.2 Å². The normalized spacial score (nSPS) is 16.9. The molecule has 2 aromatic heterocycles. The van der Waals surface area contributed by atoms with Crippen LogP contribution in [-0.2, 0) is 0 Å².